The zero-order valence-corrected chi connectivity index (χ0v) is 15.6. The summed E-state index contributed by atoms with van der Waals surface area (Å²) in [5.41, 5.74) is 15.0. The largest absolute Gasteiger partial charge is 0.397 e. The molecule has 0 spiro atoms. The Morgan fingerprint density at radius 1 is 1.30 bits per heavy atom. The van der Waals surface area contributed by atoms with Gasteiger partial charge in [-0.25, -0.2) is 4.39 Å². The molecular formula is C21H28FN5. The predicted octanol–water partition coefficient (Wildman–Crippen LogP) is 3.62. The summed E-state index contributed by atoms with van der Waals surface area (Å²) >= 11 is 0. The van der Waals surface area contributed by atoms with Gasteiger partial charge in [0.25, 0.3) is 0 Å². The highest BCUT2D eigenvalue weighted by Crippen LogP contribution is 2.32. The number of halogens is 1. The summed E-state index contributed by atoms with van der Waals surface area (Å²) in [7, 11) is 0. The van der Waals surface area contributed by atoms with Crippen LogP contribution in [-0.4, -0.2) is 35.7 Å². The van der Waals surface area contributed by atoms with Crippen molar-refractivity contribution in [2.24, 2.45) is 10.7 Å². The van der Waals surface area contributed by atoms with Crippen LogP contribution in [0.5, 0.6) is 0 Å². The highest BCUT2D eigenvalue weighted by Gasteiger charge is 2.26. The normalized spacial score (nSPS) is 16.8. The lowest BCUT2D eigenvalue weighted by Gasteiger charge is -2.34. The first-order valence-electron chi connectivity index (χ1n) is 9.64. The molecule has 1 aromatic heterocycles. The quantitative estimate of drug-likeness (QED) is 0.423. The van der Waals surface area contributed by atoms with Crippen molar-refractivity contribution >= 4 is 17.6 Å². The molecule has 0 bridgehead atoms. The number of rotatable bonds is 8. The lowest BCUT2D eigenvalue weighted by atomic mass is 9.90. The maximum Gasteiger partial charge on any atom is 0.125 e. The second-order valence-electron chi connectivity index (χ2n) is 6.96. The van der Waals surface area contributed by atoms with E-state index >= 15 is 0 Å². The molecule has 6 heteroatoms. The van der Waals surface area contributed by atoms with E-state index in [0.717, 1.165) is 38.6 Å². The third-order valence-electron chi connectivity index (χ3n) is 5.04. The summed E-state index contributed by atoms with van der Waals surface area (Å²) < 4.78 is 13.4. The van der Waals surface area contributed by atoms with E-state index in [1.54, 1.807) is 6.07 Å². The van der Waals surface area contributed by atoms with Crippen LogP contribution in [0, 0.1) is 5.82 Å². The van der Waals surface area contributed by atoms with Gasteiger partial charge in [-0.3, -0.25) is 14.9 Å². The van der Waals surface area contributed by atoms with Gasteiger partial charge in [-0.15, -0.1) is 0 Å². The van der Waals surface area contributed by atoms with Crippen molar-refractivity contribution in [1.29, 1.82) is 0 Å². The zero-order chi connectivity index (χ0) is 19.1. The highest BCUT2D eigenvalue weighted by atomic mass is 19.1. The van der Waals surface area contributed by atoms with Crippen LogP contribution >= 0.6 is 0 Å². The van der Waals surface area contributed by atoms with Crippen molar-refractivity contribution in [3.8, 4) is 0 Å². The molecule has 144 valence electrons. The van der Waals surface area contributed by atoms with E-state index in [2.05, 4.69) is 20.9 Å². The Morgan fingerprint density at radius 2 is 2.19 bits per heavy atom. The number of nitrogens with two attached hydrogens (primary N) is 2. The predicted molar refractivity (Wildman–Crippen MR) is 109 cm³/mol. The molecule has 2 aromatic rings. The molecule has 3 rings (SSSR count). The van der Waals surface area contributed by atoms with Gasteiger partial charge >= 0.3 is 0 Å². The first-order chi connectivity index (χ1) is 13.2. The number of pyridine rings is 1. The van der Waals surface area contributed by atoms with E-state index < -0.39 is 0 Å². The fraction of sp³-hybridized carbons (Fsp3) is 0.429. The summed E-state index contributed by atoms with van der Waals surface area (Å²) in [4.78, 5) is 11.5. The minimum atomic E-state index is -0.332. The highest BCUT2D eigenvalue weighted by molar-refractivity contribution is 5.71. The van der Waals surface area contributed by atoms with Crippen LogP contribution in [-0.2, 0) is 6.42 Å². The summed E-state index contributed by atoms with van der Waals surface area (Å²) in [5, 5.41) is 0. The number of hydrogen-bond donors (Lipinski definition) is 2. The molecule has 5 nitrogen and oxygen atoms in total. The van der Waals surface area contributed by atoms with Crippen molar-refractivity contribution in [3.63, 3.8) is 0 Å². The van der Waals surface area contributed by atoms with Gasteiger partial charge in [0.1, 0.15) is 5.82 Å². The van der Waals surface area contributed by atoms with Gasteiger partial charge in [0, 0.05) is 25.0 Å². The summed E-state index contributed by atoms with van der Waals surface area (Å²) in [6.45, 7) is 2.30. The molecule has 0 amide bonds. The van der Waals surface area contributed by atoms with E-state index in [9.17, 15) is 4.39 Å². The van der Waals surface area contributed by atoms with E-state index in [1.165, 1.54) is 23.4 Å². The molecular weight excluding hydrogens is 341 g/mol. The average molecular weight is 369 g/mol. The zero-order valence-electron chi connectivity index (χ0n) is 15.6. The number of aromatic nitrogens is 1. The minimum absolute atomic E-state index is 0.282. The molecule has 0 aliphatic heterocycles. The Morgan fingerprint density at radius 3 is 3.04 bits per heavy atom. The van der Waals surface area contributed by atoms with Crippen molar-refractivity contribution in [1.82, 2.24) is 9.88 Å². The number of benzene rings is 1. The molecule has 0 fully saturated rings. The fourth-order valence-electron chi connectivity index (χ4n) is 3.65. The summed E-state index contributed by atoms with van der Waals surface area (Å²) in [6.07, 6.45) is 9.05. The number of nitrogens with zero attached hydrogens (tertiary/aromatic N) is 3. The molecule has 1 aliphatic carbocycles. The Labute approximate surface area is 160 Å². The van der Waals surface area contributed by atoms with Gasteiger partial charge < -0.3 is 11.5 Å². The van der Waals surface area contributed by atoms with Crippen molar-refractivity contribution in [2.45, 2.75) is 38.1 Å². The SMILES string of the molecule is NCCCCN(CC=Nc1cc(F)ccc1N)C1CCCc2cccnc21. The third-order valence-corrected chi connectivity index (χ3v) is 5.04. The van der Waals surface area contributed by atoms with Crippen LogP contribution in [0.3, 0.4) is 0 Å². The van der Waals surface area contributed by atoms with E-state index in [-0.39, 0.29) is 11.9 Å². The Kier molecular flexibility index (Phi) is 6.90. The summed E-state index contributed by atoms with van der Waals surface area (Å²) in [5.74, 6) is -0.332. The molecule has 1 heterocycles. The lowest BCUT2D eigenvalue weighted by molar-refractivity contribution is 0.198. The summed E-state index contributed by atoms with van der Waals surface area (Å²) in [6, 6.07) is 8.72. The van der Waals surface area contributed by atoms with Crippen LogP contribution in [0.25, 0.3) is 0 Å². The second-order valence-corrected chi connectivity index (χ2v) is 6.96. The van der Waals surface area contributed by atoms with Gasteiger partial charge in [0.15, 0.2) is 0 Å². The molecule has 4 N–H and O–H groups in total. The maximum atomic E-state index is 13.4. The second kappa shape index (κ2) is 9.58. The van der Waals surface area contributed by atoms with Crippen LogP contribution in [0.4, 0.5) is 15.8 Å². The lowest BCUT2D eigenvalue weighted by Crippen LogP contribution is -2.34. The maximum absolute atomic E-state index is 13.4. The standard InChI is InChI=1S/C21H28FN5/c22-17-8-9-18(24)19(15-17)25-12-14-27(13-2-1-10-23)20-7-3-5-16-6-4-11-26-21(16)20/h4,6,8-9,11-12,15,20H,1-3,5,7,10,13-14,23-24H2. The molecule has 27 heavy (non-hydrogen) atoms. The average Bonchev–Trinajstić information content (AvgIpc) is 2.69. The number of fused-ring (bicyclic) bond motifs is 1. The van der Waals surface area contributed by atoms with Crippen LogP contribution in [0.1, 0.15) is 43.0 Å². The van der Waals surface area contributed by atoms with Gasteiger partial charge in [-0.1, -0.05) is 6.07 Å². The van der Waals surface area contributed by atoms with Gasteiger partial charge in [-0.2, -0.15) is 0 Å². The number of nitrogen functional groups attached to an aromatic ring is 1. The molecule has 1 aliphatic rings. The fourth-order valence-corrected chi connectivity index (χ4v) is 3.65. The van der Waals surface area contributed by atoms with Crippen molar-refractivity contribution < 1.29 is 4.39 Å². The van der Waals surface area contributed by atoms with Crippen LogP contribution in [0.2, 0.25) is 0 Å². The minimum Gasteiger partial charge on any atom is -0.397 e. The van der Waals surface area contributed by atoms with E-state index in [0.29, 0.717) is 24.5 Å². The topological polar surface area (TPSA) is 80.5 Å². The van der Waals surface area contributed by atoms with Crippen LogP contribution < -0.4 is 11.5 Å². The van der Waals surface area contributed by atoms with Crippen molar-refractivity contribution in [2.75, 3.05) is 25.4 Å². The number of hydrogen-bond acceptors (Lipinski definition) is 5. The van der Waals surface area contributed by atoms with Crippen LogP contribution in [0.15, 0.2) is 41.5 Å². The third kappa shape index (κ3) is 5.11. The monoisotopic (exact) mass is 369 g/mol. The molecule has 1 unspecified atom stereocenters. The molecule has 1 aromatic carbocycles. The van der Waals surface area contributed by atoms with Gasteiger partial charge in [0.05, 0.1) is 23.1 Å². The van der Waals surface area contributed by atoms with Gasteiger partial charge in [0.2, 0.25) is 0 Å². The first kappa shape index (κ1) is 19.5. The Bertz CT molecular complexity index is 777. The smallest absolute Gasteiger partial charge is 0.125 e. The van der Waals surface area contributed by atoms with Gasteiger partial charge in [-0.05, 0) is 69.0 Å². The first-order valence-corrected chi connectivity index (χ1v) is 9.64. The molecule has 1 atom stereocenters. The number of unbranched alkanes of at least 4 members (excludes halogenated alkanes) is 1. The Balaban J connectivity index is 1.76. The van der Waals surface area contributed by atoms with E-state index in [4.69, 9.17) is 11.5 Å². The number of aliphatic imine (C=N–C) groups is 1. The molecule has 0 saturated heterocycles. The number of aryl methyl sites for hydroxylation is 1. The van der Waals surface area contributed by atoms with Crippen molar-refractivity contribution in [3.05, 3.63) is 53.6 Å². The van der Waals surface area contributed by atoms with E-state index in [1.807, 2.05) is 18.5 Å². The molecule has 0 radical (unpaired) electrons. The molecule has 0 saturated carbocycles. The Hall–Kier alpha value is -2.31. The number of anilines is 1.